The van der Waals surface area contributed by atoms with Crippen molar-refractivity contribution in [1.82, 2.24) is 108 Å². The first-order chi connectivity index (χ1) is 66.9. The lowest BCUT2D eigenvalue weighted by Crippen LogP contribution is -2.08. The highest BCUT2D eigenvalue weighted by Crippen LogP contribution is 2.48. The molecule has 23 aromatic rings. The van der Waals surface area contributed by atoms with Gasteiger partial charge in [-0.1, -0.05) is 36.9 Å². The minimum absolute atomic E-state index is 0.0294. The number of rotatable bonds is 17. The lowest BCUT2D eigenvalue weighted by Gasteiger charge is -2.19. The van der Waals surface area contributed by atoms with Crippen LogP contribution in [-0.2, 0) is 12.4 Å². The minimum atomic E-state index is -4.91. The molecule has 0 aliphatic carbocycles. The predicted molar refractivity (Wildman–Crippen MR) is 510 cm³/mol. The van der Waals surface area contributed by atoms with E-state index in [2.05, 4.69) is 66.4 Å². The standard InChI is InChI=1S/C107H60F6N24/c1-3-63(98-116-23-4-24-117-98)47-90-60(2)77-50-78(85(105-128-35-10-36-129-105)51-93(77)135(90)95-59-131-97(53-80(95)71-38-62(55-115)40-74(42-71)107(111,112)113)137-91-48-68(102-124-31-8-32-125-102)11-17-75(91)76-18-12-69(49-92(76)137)103-126-33-9-34-127-103)72-56-132-104(133-57-72)67-16-22-89-84(46-67)83-45-66(101-122-29-7-30-123-101)15-21-88(83)136(89)96-52-79(70-37-61(54-114)39-73(41-70)106(108,109)110)94(58-130-96)134-86-19-13-64(99-118-25-5-26-119-99)43-81(86)82-44-65(14-20-87(82)134)100-120-27-6-28-121-100/h3-53,56-59H,1H2,2H3/b63-47+. The summed E-state index contributed by atoms with van der Waals surface area (Å²) >= 11 is 0. The third-order valence-corrected chi connectivity index (χ3v) is 24.3. The van der Waals surface area contributed by atoms with Gasteiger partial charge in [-0.15, -0.1) is 0 Å². The average Bonchev–Trinajstić information content (AvgIpc) is 1.58. The molecule has 0 bridgehead atoms. The molecule has 0 atom stereocenters. The van der Waals surface area contributed by atoms with E-state index in [9.17, 15) is 10.5 Å². The van der Waals surface area contributed by atoms with Crippen molar-refractivity contribution in [3.05, 3.63) is 376 Å². The maximum absolute atomic E-state index is 15.6. The number of benzene rings is 9. The summed E-state index contributed by atoms with van der Waals surface area (Å²) in [6.07, 6.45) is 23.3. The molecule has 0 aliphatic heterocycles. The van der Waals surface area contributed by atoms with Crippen molar-refractivity contribution in [2.45, 2.75) is 19.3 Å². The van der Waals surface area contributed by atoms with Crippen LogP contribution in [0.2, 0.25) is 0 Å². The van der Waals surface area contributed by atoms with E-state index in [1.54, 1.807) is 172 Å². The van der Waals surface area contributed by atoms with E-state index in [4.69, 9.17) is 29.9 Å². The first-order valence-electron chi connectivity index (χ1n) is 42.7. The number of allylic oxidation sites excluding steroid dienone is 2. The van der Waals surface area contributed by atoms with Gasteiger partial charge in [0.05, 0.1) is 102 Å². The molecule has 0 radical (unpaired) electrons. The lowest BCUT2D eigenvalue weighted by atomic mass is 9.97. The number of nitrogens with zero attached hydrogens (tertiary/aromatic N) is 24. The van der Waals surface area contributed by atoms with Crippen molar-refractivity contribution in [3.63, 3.8) is 0 Å². The molecule has 0 aliphatic rings. The lowest BCUT2D eigenvalue weighted by molar-refractivity contribution is -0.138. The van der Waals surface area contributed by atoms with Crippen molar-refractivity contribution < 1.29 is 26.3 Å². The van der Waals surface area contributed by atoms with Crippen molar-refractivity contribution in [3.8, 4) is 148 Å². The Morgan fingerprint density at radius 2 is 0.635 bits per heavy atom. The summed E-state index contributed by atoms with van der Waals surface area (Å²) < 4.78 is 101. The Labute approximate surface area is 771 Å². The number of hydrogen-bond donors (Lipinski definition) is 0. The van der Waals surface area contributed by atoms with Crippen LogP contribution in [0.5, 0.6) is 0 Å². The van der Waals surface area contributed by atoms with E-state index >= 15 is 26.3 Å². The number of aryl methyl sites for hydroxylation is 1. The Bertz CT molecular complexity index is 8780. The number of halogens is 6. The maximum Gasteiger partial charge on any atom is 0.416 e. The Kier molecular flexibility index (Phi) is 19.9. The normalized spacial score (nSPS) is 12.0. The summed E-state index contributed by atoms with van der Waals surface area (Å²) in [4.78, 5) is 85.8. The van der Waals surface area contributed by atoms with Crippen molar-refractivity contribution >= 4 is 88.0 Å². The van der Waals surface area contributed by atoms with Gasteiger partial charge in [0.25, 0.3) is 0 Å². The molecule has 0 fully saturated rings. The van der Waals surface area contributed by atoms with Crippen molar-refractivity contribution in [2.24, 2.45) is 0 Å². The molecule has 0 saturated carbocycles. The van der Waals surface area contributed by atoms with Gasteiger partial charge in [0.15, 0.2) is 46.6 Å². The van der Waals surface area contributed by atoms with Gasteiger partial charge in [-0.25, -0.2) is 89.7 Å². The number of fused-ring (bicyclic) bond motifs is 10. The molecule has 9 aromatic carbocycles. The molecule has 0 N–H and O–H groups in total. The van der Waals surface area contributed by atoms with Gasteiger partial charge < -0.3 is 9.13 Å². The van der Waals surface area contributed by atoms with E-state index in [1.807, 2.05) is 165 Å². The van der Waals surface area contributed by atoms with E-state index in [1.165, 1.54) is 12.1 Å². The fourth-order valence-electron chi connectivity index (χ4n) is 18.1. The highest BCUT2D eigenvalue weighted by molar-refractivity contribution is 6.15. The molecular weight excluding hydrogens is 1740 g/mol. The summed E-state index contributed by atoms with van der Waals surface area (Å²) in [5, 5.41) is 26.4. The second kappa shape index (κ2) is 33.1. The summed E-state index contributed by atoms with van der Waals surface area (Å²) in [5.74, 6) is 3.76. The number of nitriles is 2. The second-order valence-corrected chi connectivity index (χ2v) is 32.2. The van der Waals surface area contributed by atoms with Crippen LogP contribution < -0.4 is 0 Å². The van der Waals surface area contributed by atoms with Gasteiger partial charge in [0.2, 0.25) is 0 Å². The molecule has 14 aromatic heterocycles. The SMILES string of the molecule is C=C/C(=C\c1c(C)c2cc(-c3cnc(-c4ccc5c(c4)c4cc(-c6ncccn6)ccc4n5-c4cc(-c5cc(C#N)cc(C(F)(F)F)c5)c(-n5c6ccc(-c7ncccn7)cc6c6cc(-c7ncccn7)ccc65)cn4)nc3)c(-c3ncccn3)cc2n1-c1cnc(-n2c3cc(-c4ncccn4)ccc3c3ccc(-c4ncccn4)cc32)cc1-c1cc(C#N)cc(C(F)(F)F)c1)c1ncccn1. The van der Waals surface area contributed by atoms with Gasteiger partial charge in [0.1, 0.15) is 11.6 Å². The van der Waals surface area contributed by atoms with Crippen LogP contribution in [0.1, 0.15) is 39.3 Å². The molecule has 0 unspecified atom stereocenters. The Morgan fingerprint density at radius 1 is 0.292 bits per heavy atom. The third kappa shape index (κ3) is 14.6. The highest BCUT2D eigenvalue weighted by atomic mass is 19.4. The van der Waals surface area contributed by atoms with E-state index in [-0.39, 0.29) is 45.1 Å². The van der Waals surface area contributed by atoms with Crippen LogP contribution in [-0.4, -0.2) is 108 Å². The second-order valence-electron chi connectivity index (χ2n) is 32.2. The zero-order valence-electron chi connectivity index (χ0n) is 71.5. The van der Waals surface area contributed by atoms with Gasteiger partial charge in [0, 0.05) is 198 Å². The first kappa shape index (κ1) is 82.3. The largest absolute Gasteiger partial charge is 0.416 e. The summed E-state index contributed by atoms with van der Waals surface area (Å²) in [5.41, 5.74) is 10.4. The van der Waals surface area contributed by atoms with Crippen LogP contribution in [0, 0.1) is 29.6 Å². The number of hydrogen-bond acceptors (Lipinski definition) is 20. The quantitative estimate of drug-likeness (QED) is 0.0604. The van der Waals surface area contributed by atoms with Crippen LogP contribution in [0.15, 0.2) is 337 Å². The highest BCUT2D eigenvalue weighted by Gasteiger charge is 2.35. The topological polar surface area (TPSA) is 299 Å². The molecule has 30 heteroatoms. The third-order valence-electron chi connectivity index (χ3n) is 24.3. The van der Waals surface area contributed by atoms with Gasteiger partial charge >= 0.3 is 12.4 Å². The van der Waals surface area contributed by atoms with E-state index < -0.39 is 23.5 Å². The molecule has 23 rings (SSSR count). The van der Waals surface area contributed by atoms with Gasteiger partial charge in [-0.05, 0) is 223 Å². The van der Waals surface area contributed by atoms with Gasteiger partial charge in [-0.2, -0.15) is 36.9 Å². The predicted octanol–water partition coefficient (Wildman–Crippen LogP) is 23.5. The van der Waals surface area contributed by atoms with Crippen LogP contribution in [0.3, 0.4) is 0 Å². The zero-order chi connectivity index (χ0) is 92.9. The van der Waals surface area contributed by atoms with Crippen LogP contribution >= 0.6 is 0 Å². The average molecular weight is 1800 g/mol. The Morgan fingerprint density at radius 3 is 1.02 bits per heavy atom. The van der Waals surface area contributed by atoms with E-state index in [0.29, 0.717) is 180 Å². The number of alkyl halides is 6. The number of pyridine rings is 2. The van der Waals surface area contributed by atoms with Crippen molar-refractivity contribution in [1.29, 1.82) is 10.5 Å². The molecule has 24 nitrogen and oxygen atoms in total. The summed E-state index contributed by atoms with van der Waals surface area (Å²) in [6.45, 7) is 6.16. The molecule has 0 saturated heterocycles. The summed E-state index contributed by atoms with van der Waals surface area (Å²) in [6, 6.07) is 64.7. The van der Waals surface area contributed by atoms with Crippen molar-refractivity contribution in [2.75, 3.05) is 0 Å². The zero-order valence-corrected chi connectivity index (χ0v) is 71.5. The number of aromatic nitrogens is 22. The molecule has 0 amide bonds. The molecule has 14 heterocycles. The summed E-state index contributed by atoms with van der Waals surface area (Å²) in [7, 11) is 0. The van der Waals surface area contributed by atoms with E-state index in [0.717, 1.165) is 45.8 Å². The fourth-order valence-corrected chi connectivity index (χ4v) is 18.1. The minimum Gasteiger partial charge on any atom is -0.307 e. The Balaban J connectivity index is 0.705. The monoisotopic (exact) mass is 1790 g/mol. The van der Waals surface area contributed by atoms with Crippen LogP contribution in [0.25, 0.3) is 224 Å². The fraction of sp³-hybridized carbons (Fsp3) is 0.0280. The first-order valence-corrected chi connectivity index (χ1v) is 42.7. The molecule has 0 spiro atoms. The molecule has 650 valence electrons. The molecule has 137 heavy (non-hydrogen) atoms. The maximum atomic E-state index is 15.6. The van der Waals surface area contributed by atoms with Gasteiger partial charge in [-0.3, -0.25) is 9.13 Å². The molecular formula is C107H60F6N24. The Hall–Kier alpha value is -19.1. The van der Waals surface area contributed by atoms with Crippen LogP contribution in [0.4, 0.5) is 26.3 Å². The smallest absolute Gasteiger partial charge is 0.307 e.